The molecule has 0 unspecified atom stereocenters. The Morgan fingerprint density at radius 1 is 1.39 bits per heavy atom. The molecule has 1 aromatic heterocycles. The molecule has 1 aliphatic carbocycles. The molecule has 0 atom stereocenters. The molecule has 6 heteroatoms. The third kappa shape index (κ3) is 4.03. The predicted octanol–water partition coefficient (Wildman–Crippen LogP) is 2.88. The minimum Gasteiger partial charge on any atom is -0.508 e. The largest absolute Gasteiger partial charge is 0.508 e. The van der Waals surface area contributed by atoms with Crippen molar-refractivity contribution in [2.75, 3.05) is 11.9 Å². The highest BCUT2D eigenvalue weighted by Gasteiger charge is 2.27. The number of nitrogens with one attached hydrogen (secondary N) is 1. The topological polar surface area (TPSA) is 70.4 Å². The molecule has 6 nitrogen and oxygen atoms in total. The lowest BCUT2D eigenvalue weighted by atomic mass is 10.2. The van der Waals surface area contributed by atoms with Gasteiger partial charge >= 0.3 is 6.03 Å². The smallest absolute Gasteiger partial charge is 0.323 e. The lowest BCUT2D eigenvalue weighted by Gasteiger charge is -2.23. The van der Waals surface area contributed by atoms with Crippen molar-refractivity contribution in [2.45, 2.75) is 26.3 Å². The van der Waals surface area contributed by atoms with E-state index in [2.05, 4.69) is 10.4 Å². The summed E-state index contributed by atoms with van der Waals surface area (Å²) in [7, 11) is 1.81. The third-order valence-corrected chi connectivity index (χ3v) is 4.01. The molecule has 23 heavy (non-hydrogen) atoms. The van der Waals surface area contributed by atoms with Crippen molar-refractivity contribution in [1.29, 1.82) is 0 Å². The van der Waals surface area contributed by atoms with Crippen LogP contribution in [0.25, 0.3) is 0 Å². The number of urea groups is 1. The minimum absolute atomic E-state index is 0.118. The van der Waals surface area contributed by atoms with Crippen LogP contribution < -0.4 is 5.32 Å². The van der Waals surface area contributed by atoms with E-state index in [9.17, 15) is 9.90 Å². The number of nitrogens with zero attached hydrogens (tertiary/aromatic N) is 3. The normalized spacial score (nSPS) is 13.8. The lowest BCUT2D eigenvalue weighted by Crippen LogP contribution is -2.36. The Hall–Kier alpha value is -2.50. The second-order valence-electron chi connectivity index (χ2n) is 6.22. The van der Waals surface area contributed by atoms with E-state index in [-0.39, 0.29) is 11.8 Å². The van der Waals surface area contributed by atoms with E-state index in [4.69, 9.17) is 0 Å². The molecule has 1 fully saturated rings. The first kappa shape index (κ1) is 15.4. The van der Waals surface area contributed by atoms with Gasteiger partial charge in [0.2, 0.25) is 0 Å². The van der Waals surface area contributed by atoms with Gasteiger partial charge in [-0.3, -0.25) is 10.00 Å². The summed E-state index contributed by atoms with van der Waals surface area (Å²) >= 11 is 0. The average molecular weight is 314 g/mol. The predicted molar refractivity (Wildman–Crippen MR) is 88.2 cm³/mol. The molecule has 0 bridgehead atoms. The number of hydrogen-bond donors (Lipinski definition) is 2. The van der Waals surface area contributed by atoms with Gasteiger partial charge in [-0.25, -0.2) is 4.79 Å². The maximum absolute atomic E-state index is 12.6. The van der Waals surface area contributed by atoms with Gasteiger partial charge in [-0.2, -0.15) is 5.10 Å². The molecule has 2 amide bonds. The van der Waals surface area contributed by atoms with Crippen LogP contribution in [0.1, 0.15) is 24.1 Å². The van der Waals surface area contributed by atoms with Gasteiger partial charge in [0.1, 0.15) is 11.6 Å². The van der Waals surface area contributed by atoms with Crippen molar-refractivity contribution in [1.82, 2.24) is 14.7 Å². The molecular formula is C17H22N4O2. The van der Waals surface area contributed by atoms with Gasteiger partial charge in [-0.15, -0.1) is 0 Å². The third-order valence-electron chi connectivity index (χ3n) is 4.01. The monoisotopic (exact) mass is 314 g/mol. The Balaban J connectivity index is 1.70. The van der Waals surface area contributed by atoms with E-state index in [1.54, 1.807) is 16.8 Å². The first-order valence-electron chi connectivity index (χ1n) is 7.86. The molecule has 0 aliphatic heterocycles. The van der Waals surface area contributed by atoms with Crippen molar-refractivity contribution in [3.05, 3.63) is 41.6 Å². The molecule has 1 aromatic carbocycles. The molecule has 0 radical (unpaired) electrons. The fraction of sp³-hybridized carbons (Fsp3) is 0.412. The number of phenolic OH excluding ortho intramolecular Hbond substituents is 1. The van der Waals surface area contributed by atoms with Gasteiger partial charge in [-0.05, 0) is 43.4 Å². The SMILES string of the molecule is Cc1cc(NC(=O)N(Cc2ccc(O)cc2)CC2CC2)n(C)n1. The minimum atomic E-state index is -0.118. The second kappa shape index (κ2) is 6.32. The van der Waals surface area contributed by atoms with Crippen LogP contribution in [0.4, 0.5) is 10.6 Å². The Morgan fingerprint density at radius 3 is 2.65 bits per heavy atom. The number of anilines is 1. The molecule has 1 aliphatic rings. The zero-order chi connectivity index (χ0) is 16.4. The van der Waals surface area contributed by atoms with E-state index in [0.29, 0.717) is 18.3 Å². The van der Waals surface area contributed by atoms with Crippen LogP contribution in [0, 0.1) is 12.8 Å². The number of rotatable bonds is 5. The molecular weight excluding hydrogens is 292 g/mol. The van der Waals surface area contributed by atoms with Crippen molar-refractivity contribution in [3.8, 4) is 5.75 Å². The van der Waals surface area contributed by atoms with Crippen molar-refractivity contribution in [2.24, 2.45) is 13.0 Å². The first-order chi connectivity index (χ1) is 11.0. The van der Waals surface area contributed by atoms with Crippen LogP contribution in [0.2, 0.25) is 0 Å². The van der Waals surface area contributed by atoms with Crippen LogP contribution in [0.5, 0.6) is 5.75 Å². The van der Waals surface area contributed by atoms with E-state index in [1.807, 2.05) is 37.1 Å². The number of phenols is 1. The van der Waals surface area contributed by atoms with E-state index in [0.717, 1.165) is 17.8 Å². The number of carbonyl (C=O) groups excluding carboxylic acids is 1. The number of aromatic nitrogens is 2. The van der Waals surface area contributed by atoms with Crippen LogP contribution in [-0.4, -0.2) is 32.4 Å². The number of amides is 2. The molecule has 2 aromatic rings. The van der Waals surface area contributed by atoms with Crippen LogP contribution in [0.3, 0.4) is 0 Å². The zero-order valence-electron chi connectivity index (χ0n) is 13.5. The van der Waals surface area contributed by atoms with Gasteiger partial charge in [-0.1, -0.05) is 12.1 Å². The van der Waals surface area contributed by atoms with Crippen LogP contribution >= 0.6 is 0 Å². The first-order valence-corrected chi connectivity index (χ1v) is 7.86. The highest BCUT2D eigenvalue weighted by Crippen LogP contribution is 2.30. The standard InChI is InChI=1S/C17H22N4O2/c1-12-9-16(20(2)19-12)18-17(23)21(10-13-3-4-13)11-14-5-7-15(22)8-6-14/h5-9,13,22H,3-4,10-11H2,1-2H3,(H,18,23). The summed E-state index contributed by atoms with van der Waals surface area (Å²) in [6.07, 6.45) is 2.37. The Kier molecular flexibility index (Phi) is 4.23. The number of aromatic hydroxyl groups is 1. The van der Waals surface area contributed by atoms with Gasteiger partial charge in [0.25, 0.3) is 0 Å². The van der Waals surface area contributed by atoms with Gasteiger partial charge < -0.3 is 10.0 Å². The fourth-order valence-electron chi connectivity index (χ4n) is 2.57. The summed E-state index contributed by atoms with van der Waals surface area (Å²) in [6, 6.07) is 8.72. The van der Waals surface area contributed by atoms with Crippen molar-refractivity contribution >= 4 is 11.8 Å². The Morgan fingerprint density at radius 2 is 2.09 bits per heavy atom. The summed E-state index contributed by atoms with van der Waals surface area (Å²) in [4.78, 5) is 14.5. The summed E-state index contributed by atoms with van der Waals surface area (Å²) in [6.45, 7) is 3.18. The molecule has 3 rings (SSSR count). The maximum atomic E-state index is 12.6. The van der Waals surface area contributed by atoms with Crippen molar-refractivity contribution in [3.63, 3.8) is 0 Å². The number of benzene rings is 1. The summed E-state index contributed by atoms with van der Waals surface area (Å²) in [5, 5.41) is 16.6. The summed E-state index contributed by atoms with van der Waals surface area (Å²) < 4.78 is 1.67. The molecule has 0 spiro atoms. The molecule has 1 saturated carbocycles. The maximum Gasteiger partial charge on any atom is 0.323 e. The van der Waals surface area contributed by atoms with Gasteiger partial charge in [0, 0.05) is 26.2 Å². The molecule has 1 heterocycles. The van der Waals surface area contributed by atoms with Crippen LogP contribution in [0.15, 0.2) is 30.3 Å². The molecule has 0 saturated heterocycles. The highest BCUT2D eigenvalue weighted by molar-refractivity contribution is 5.88. The van der Waals surface area contributed by atoms with Crippen molar-refractivity contribution < 1.29 is 9.90 Å². The number of carbonyl (C=O) groups is 1. The Bertz CT molecular complexity index is 689. The fourth-order valence-corrected chi connectivity index (χ4v) is 2.57. The number of hydrogen-bond acceptors (Lipinski definition) is 3. The van der Waals surface area contributed by atoms with Crippen LogP contribution in [-0.2, 0) is 13.6 Å². The average Bonchev–Trinajstić information content (AvgIpc) is 3.26. The number of aryl methyl sites for hydroxylation is 2. The van der Waals surface area contributed by atoms with Gasteiger partial charge in [0.15, 0.2) is 0 Å². The second-order valence-corrected chi connectivity index (χ2v) is 6.22. The molecule has 122 valence electrons. The highest BCUT2D eigenvalue weighted by atomic mass is 16.3. The van der Waals surface area contributed by atoms with E-state index in [1.165, 1.54) is 12.8 Å². The summed E-state index contributed by atoms with van der Waals surface area (Å²) in [5.74, 6) is 1.53. The molecule has 2 N–H and O–H groups in total. The lowest BCUT2D eigenvalue weighted by molar-refractivity contribution is 0.206. The zero-order valence-corrected chi connectivity index (χ0v) is 13.5. The van der Waals surface area contributed by atoms with E-state index < -0.39 is 0 Å². The van der Waals surface area contributed by atoms with Gasteiger partial charge in [0.05, 0.1) is 5.69 Å². The van der Waals surface area contributed by atoms with E-state index >= 15 is 0 Å². The Labute approximate surface area is 135 Å². The summed E-state index contributed by atoms with van der Waals surface area (Å²) in [5.41, 5.74) is 1.87. The quantitative estimate of drug-likeness (QED) is 0.891.